The molecule has 1 aliphatic heterocycles. The molecule has 0 spiro atoms. The molecule has 326 valence electrons. The van der Waals surface area contributed by atoms with E-state index in [1.165, 1.54) is 16.9 Å². The topological polar surface area (TPSA) is 146 Å². The fourth-order valence-electron chi connectivity index (χ4n) is 14.7. The number of thiazole rings is 1. The lowest BCUT2D eigenvalue weighted by Gasteiger charge is -2.73. The first-order valence-electron chi connectivity index (χ1n) is 22.5. The number of rotatable bonds is 10. The monoisotopic (exact) mass is 834 g/mol. The first kappa shape index (κ1) is 43.8. The van der Waals surface area contributed by atoms with Gasteiger partial charge in [0.1, 0.15) is 6.10 Å². The van der Waals surface area contributed by atoms with Gasteiger partial charge < -0.3 is 25.0 Å². The standard InChI is InChI=1S/C47H70N4O7S/c1-29(2)30-14-19-47(39(55)51-25-23-50(24-26-51)36(53)13-12-35(52)49-41-48-22-27-59-41)21-20-45(8)31(38(30)47)10-11-33-44(7)17-16-34(58-37(54)28-42(3,4)40(56)57)43(5,6)32(44)15-18-46(33,45)9/h22,27,30-34,38H,1,10-21,23-26,28H2,2-9H3,(H,56,57)(H,48,49,52)/t30-,31+,32-,33+,34-,38+,44-,45+,46+,47-/m0/s1. The number of carboxylic acid groups (broad SMARTS) is 1. The van der Waals surface area contributed by atoms with E-state index in [0.717, 1.165) is 64.2 Å². The molecule has 1 aromatic rings. The van der Waals surface area contributed by atoms with Crippen molar-refractivity contribution in [3.05, 3.63) is 23.7 Å². The van der Waals surface area contributed by atoms with E-state index < -0.39 is 22.8 Å². The Morgan fingerprint density at radius 2 is 1.58 bits per heavy atom. The van der Waals surface area contributed by atoms with Gasteiger partial charge in [-0.25, -0.2) is 4.98 Å². The molecule has 1 aromatic heterocycles. The highest BCUT2D eigenvalue weighted by atomic mass is 32.1. The summed E-state index contributed by atoms with van der Waals surface area (Å²) >= 11 is 1.35. The lowest BCUT2D eigenvalue weighted by atomic mass is 9.32. The lowest BCUT2D eigenvalue weighted by molar-refractivity contribution is -0.250. The van der Waals surface area contributed by atoms with E-state index in [4.69, 9.17) is 4.74 Å². The third kappa shape index (κ3) is 7.26. The number of hydrogen-bond acceptors (Lipinski definition) is 8. The van der Waals surface area contributed by atoms with Crippen LogP contribution in [-0.2, 0) is 28.7 Å². The number of nitrogens with zero attached hydrogens (tertiary/aromatic N) is 3. The number of carbonyl (C=O) groups excluding carboxylic acids is 4. The zero-order valence-corrected chi connectivity index (χ0v) is 37.8. The quantitative estimate of drug-likeness (QED) is 0.176. The van der Waals surface area contributed by atoms with Crippen LogP contribution < -0.4 is 5.32 Å². The normalized spacial score (nSPS) is 37.6. The number of carbonyl (C=O) groups is 5. The summed E-state index contributed by atoms with van der Waals surface area (Å²) in [6, 6.07) is 0. The highest BCUT2D eigenvalue weighted by molar-refractivity contribution is 7.13. The average molecular weight is 835 g/mol. The van der Waals surface area contributed by atoms with Crippen LogP contribution in [0.15, 0.2) is 23.7 Å². The molecule has 5 saturated carbocycles. The van der Waals surface area contributed by atoms with Crippen LogP contribution in [0.2, 0.25) is 0 Å². The number of ether oxygens (including phenoxy) is 1. The number of hydrogen-bond donors (Lipinski definition) is 2. The third-order valence-corrected chi connectivity index (χ3v) is 18.7. The van der Waals surface area contributed by atoms with E-state index in [0.29, 0.717) is 55.0 Å². The Kier molecular flexibility index (Phi) is 11.6. The Balaban J connectivity index is 1.05. The Labute approximate surface area is 355 Å². The van der Waals surface area contributed by atoms with Gasteiger partial charge in [0.2, 0.25) is 17.7 Å². The summed E-state index contributed by atoms with van der Waals surface area (Å²) in [7, 11) is 0. The molecule has 0 aromatic carbocycles. The van der Waals surface area contributed by atoms with Gasteiger partial charge in [-0.2, -0.15) is 0 Å². The molecule has 59 heavy (non-hydrogen) atoms. The van der Waals surface area contributed by atoms with Gasteiger partial charge >= 0.3 is 11.9 Å². The van der Waals surface area contributed by atoms with Crippen LogP contribution in [0.1, 0.15) is 139 Å². The van der Waals surface area contributed by atoms with Crippen molar-refractivity contribution in [1.29, 1.82) is 0 Å². The van der Waals surface area contributed by atoms with E-state index in [-0.39, 0.29) is 70.7 Å². The molecular formula is C47H70N4O7S. The van der Waals surface area contributed by atoms with Crippen LogP contribution in [0.25, 0.3) is 0 Å². The maximum Gasteiger partial charge on any atom is 0.309 e. The zero-order valence-electron chi connectivity index (χ0n) is 37.0. The van der Waals surface area contributed by atoms with E-state index in [2.05, 4.69) is 63.3 Å². The van der Waals surface area contributed by atoms with Gasteiger partial charge in [-0.3, -0.25) is 24.0 Å². The van der Waals surface area contributed by atoms with E-state index in [1.54, 1.807) is 25.4 Å². The van der Waals surface area contributed by atoms with Crippen molar-refractivity contribution in [2.75, 3.05) is 31.5 Å². The van der Waals surface area contributed by atoms with E-state index >= 15 is 4.79 Å². The fraction of sp³-hybridized carbons (Fsp3) is 0.787. The summed E-state index contributed by atoms with van der Waals surface area (Å²) in [5.41, 5.74) is -0.412. The lowest BCUT2D eigenvalue weighted by Crippen LogP contribution is -2.68. The highest BCUT2D eigenvalue weighted by Crippen LogP contribution is 2.77. The van der Waals surface area contributed by atoms with Crippen molar-refractivity contribution >= 4 is 46.1 Å². The van der Waals surface area contributed by atoms with Crippen LogP contribution >= 0.6 is 11.3 Å². The van der Waals surface area contributed by atoms with E-state index in [9.17, 15) is 24.3 Å². The van der Waals surface area contributed by atoms with Gasteiger partial charge in [0.25, 0.3) is 0 Å². The molecule has 3 amide bonds. The van der Waals surface area contributed by atoms with Gasteiger partial charge in [-0.15, -0.1) is 11.3 Å². The van der Waals surface area contributed by atoms with Crippen LogP contribution in [0.5, 0.6) is 0 Å². The van der Waals surface area contributed by atoms with E-state index in [1.807, 2.05) is 4.90 Å². The van der Waals surface area contributed by atoms with Crippen molar-refractivity contribution in [2.24, 2.45) is 62.1 Å². The molecule has 0 radical (unpaired) electrons. The smallest absolute Gasteiger partial charge is 0.309 e. The summed E-state index contributed by atoms with van der Waals surface area (Å²) in [6.45, 7) is 24.2. The van der Waals surface area contributed by atoms with Gasteiger partial charge in [-0.1, -0.05) is 46.8 Å². The minimum atomic E-state index is -1.17. The van der Waals surface area contributed by atoms with Gasteiger partial charge in [-0.05, 0) is 131 Å². The Morgan fingerprint density at radius 1 is 0.881 bits per heavy atom. The molecule has 6 fully saturated rings. The van der Waals surface area contributed by atoms with Crippen LogP contribution in [0.4, 0.5) is 5.13 Å². The number of anilines is 1. The van der Waals surface area contributed by atoms with Crippen molar-refractivity contribution in [1.82, 2.24) is 14.8 Å². The number of aromatic nitrogens is 1. The van der Waals surface area contributed by atoms with Crippen molar-refractivity contribution < 1.29 is 33.8 Å². The molecule has 7 rings (SSSR count). The molecule has 12 heteroatoms. The second kappa shape index (κ2) is 15.6. The molecule has 0 bridgehead atoms. The van der Waals surface area contributed by atoms with Gasteiger partial charge in [0, 0.05) is 56.0 Å². The summed E-state index contributed by atoms with van der Waals surface area (Å²) < 4.78 is 6.19. The predicted octanol–water partition coefficient (Wildman–Crippen LogP) is 8.60. The van der Waals surface area contributed by atoms with Crippen molar-refractivity contribution in [3.63, 3.8) is 0 Å². The summed E-state index contributed by atoms with van der Waals surface area (Å²) in [4.78, 5) is 73.6. The van der Waals surface area contributed by atoms with Crippen molar-refractivity contribution in [3.8, 4) is 0 Å². The molecule has 2 N–H and O–H groups in total. The molecular weight excluding hydrogens is 765 g/mol. The number of allylic oxidation sites excluding steroid dienone is 1. The first-order chi connectivity index (χ1) is 27.6. The van der Waals surface area contributed by atoms with Crippen LogP contribution in [-0.4, -0.2) is 81.8 Å². The Bertz CT molecular complexity index is 1840. The molecule has 0 unspecified atom stereocenters. The number of fused-ring (bicyclic) bond motifs is 7. The third-order valence-electron chi connectivity index (χ3n) is 18.0. The Morgan fingerprint density at radius 3 is 2.22 bits per heavy atom. The number of nitrogens with one attached hydrogen (secondary N) is 1. The fourth-order valence-corrected chi connectivity index (χ4v) is 15.2. The molecule has 6 aliphatic rings. The predicted molar refractivity (Wildman–Crippen MR) is 228 cm³/mol. The molecule has 11 nitrogen and oxygen atoms in total. The molecule has 1 saturated heterocycles. The minimum absolute atomic E-state index is 0.0508. The molecule has 2 heterocycles. The first-order valence-corrected chi connectivity index (χ1v) is 23.3. The van der Waals surface area contributed by atoms with Crippen LogP contribution in [0, 0.1) is 62.1 Å². The number of piperazine rings is 1. The summed E-state index contributed by atoms with van der Waals surface area (Å²) in [5, 5.41) is 14.7. The minimum Gasteiger partial charge on any atom is -0.481 e. The van der Waals surface area contributed by atoms with Crippen LogP contribution in [0.3, 0.4) is 0 Å². The average Bonchev–Trinajstić information content (AvgIpc) is 3.83. The summed E-state index contributed by atoms with van der Waals surface area (Å²) in [5.74, 6) is 0.445. The second-order valence-corrected chi connectivity index (χ2v) is 22.5. The van der Waals surface area contributed by atoms with Crippen molar-refractivity contribution in [2.45, 2.75) is 145 Å². The second-order valence-electron chi connectivity index (χ2n) is 21.6. The van der Waals surface area contributed by atoms with Gasteiger partial charge in [0.15, 0.2) is 5.13 Å². The maximum atomic E-state index is 15.1. The Hall–Kier alpha value is -3.28. The number of carboxylic acids is 1. The van der Waals surface area contributed by atoms with Gasteiger partial charge in [0.05, 0.1) is 17.3 Å². The number of esters is 1. The molecule has 10 atom stereocenters. The highest BCUT2D eigenvalue weighted by Gasteiger charge is 2.72. The number of amides is 3. The SMILES string of the molecule is C=C(C)[C@@H]1CC[C@]2(C(=O)N3CCN(C(=O)CCC(=O)Nc4nccs4)CC3)CC[C@]3(C)[C@H](CC[C@@H]4[C@@]5(C)CC[C@H](OC(=O)CC(C)(C)C(=O)O)C(C)(C)[C@@H]5CC[C@]43C)[C@@H]12. The molecule has 5 aliphatic carbocycles. The largest absolute Gasteiger partial charge is 0.481 e. The zero-order chi connectivity index (χ0) is 42.9. The maximum absolute atomic E-state index is 15.1. The summed E-state index contributed by atoms with van der Waals surface area (Å²) in [6.07, 6.45) is 11.5. The number of aliphatic carboxylic acids is 1.